The lowest BCUT2D eigenvalue weighted by atomic mass is 9.83. The first-order chi connectivity index (χ1) is 19.4. The molecule has 0 spiro atoms. The highest BCUT2D eigenvalue weighted by Gasteiger charge is 2.36. The van der Waals surface area contributed by atoms with Crippen LogP contribution in [-0.2, 0) is 16.2 Å². The highest BCUT2D eigenvalue weighted by Crippen LogP contribution is 2.38. The molecule has 2 amide bonds. The molecule has 11 nitrogen and oxygen atoms in total. The maximum absolute atomic E-state index is 13.1. The zero-order valence-corrected chi connectivity index (χ0v) is 23.6. The van der Waals surface area contributed by atoms with Crippen LogP contribution < -0.4 is 21.0 Å². The minimum Gasteiger partial charge on any atom is -0.355 e. The van der Waals surface area contributed by atoms with E-state index in [4.69, 9.17) is 26.4 Å². The highest BCUT2D eigenvalue weighted by molar-refractivity contribution is 6.30. The van der Waals surface area contributed by atoms with Gasteiger partial charge in [0.05, 0.1) is 27.4 Å². The number of likely N-dealkylation sites (N-methyl/N-ethyl adjacent to an activating group) is 1. The van der Waals surface area contributed by atoms with Gasteiger partial charge < -0.3 is 19.6 Å². The van der Waals surface area contributed by atoms with Crippen LogP contribution in [0.4, 0.5) is 10.7 Å². The van der Waals surface area contributed by atoms with Crippen LogP contribution in [-0.4, -0.2) is 50.7 Å². The summed E-state index contributed by atoms with van der Waals surface area (Å²) >= 11 is 6.38. The number of hydroxylamine groups is 1. The fourth-order valence-corrected chi connectivity index (χ4v) is 6.38. The Morgan fingerprint density at radius 1 is 1.18 bits per heavy atom. The second kappa shape index (κ2) is 11.2. The fourth-order valence-electron chi connectivity index (χ4n) is 6.21. The smallest absolute Gasteiger partial charge is 0.355 e. The van der Waals surface area contributed by atoms with Gasteiger partial charge in [0, 0.05) is 37.6 Å². The van der Waals surface area contributed by atoms with Gasteiger partial charge in [-0.15, -0.1) is 5.48 Å². The first-order valence-corrected chi connectivity index (χ1v) is 14.6. The molecule has 5 heterocycles. The number of anilines is 1. The van der Waals surface area contributed by atoms with Crippen LogP contribution >= 0.6 is 11.6 Å². The number of pyridine rings is 2. The Kier molecular flexibility index (Phi) is 7.50. The molecule has 0 bridgehead atoms. The van der Waals surface area contributed by atoms with E-state index in [1.165, 1.54) is 12.8 Å². The average Bonchev–Trinajstić information content (AvgIpc) is 3.68. The van der Waals surface area contributed by atoms with Gasteiger partial charge in [0.2, 0.25) is 11.9 Å². The fraction of sp³-hybridized carbons (Fsp3) is 0.536. The van der Waals surface area contributed by atoms with E-state index >= 15 is 0 Å². The summed E-state index contributed by atoms with van der Waals surface area (Å²) in [4.78, 5) is 46.4. The second-order valence-corrected chi connectivity index (χ2v) is 11.6. The molecular weight excluding hydrogens is 532 g/mol. The predicted octanol–water partition coefficient (Wildman–Crippen LogP) is 4.32. The van der Waals surface area contributed by atoms with Crippen LogP contribution in [0.1, 0.15) is 64.2 Å². The summed E-state index contributed by atoms with van der Waals surface area (Å²) in [6.07, 6.45) is 8.52. The van der Waals surface area contributed by atoms with E-state index in [0.717, 1.165) is 67.2 Å². The molecule has 1 unspecified atom stereocenters. The van der Waals surface area contributed by atoms with E-state index in [-0.39, 0.29) is 11.9 Å². The summed E-state index contributed by atoms with van der Waals surface area (Å²) in [6.45, 7) is 6.37. The Morgan fingerprint density at radius 3 is 2.73 bits per heavy atom. The second-order valence-electron chi connectivity index (χ2n) is 11.1. The minimum absolute atomic E-state index is 0.0261. The first-order valence-electron chi connectivity index (χ1n) is 14.2. The number of nitrogens with zero attached hydrogens (tertiary/aromatic N) is 5. The van der Waals surface area contributed by atoms with Crippen molar-refractivity contribution in [3.05, 3.63) is 35.2 Å². The van der Waals surface area contributed by atoms with Gasteiger partial charge in [-0.05, 0) is 56.6 Å². The molecule has 1 saturated carbocycles. The van der Waals surface area contributed by atoms with E-state index in [1.807, 2.05) is 19.1 Å². The van der Waals surface area contributed by atoms with Crippen LogP contribution in [0.5, 0.6) is 0 Å². The van der Waals surface area contributed by atoms with Crippen LogP contribution in [0.25, 0.3) is 22.3 Å². The largest absolute Gasteiger partial charge is 0.427 e. The number of hydrogen-bond donors (Lipinski definition) is 3. The van der Waals surface area contributed by atoms with Crippen molar-refractivity contribution in [3.8, 4) is 11.3 Å². The molecule has 1 aliphatic carbocycles. The van der Waals surface area contributed by atoms with Gasteiger partial charge in [-0.2, -0.15) is 0 Å². The molecular formula is C28H35ClN8O3. The molecule has 3 aliphatic rings. The van der Waals surface area contributed by atoms with Crippen molar-refractivity contribution in [2.45, 2.75) is 71.1 Å². The van der Waals surface area contributed by atoms with E-state index in [2.05, 4.69) is 37.5 Å². The van der Waals surface area contributed by atoms with Crippen molar-refractivity contribution in [1.29, 1.82) is 0 Å². The van der Waals surface area contributed by atoms with Gasteiger partial charge in [0.1, 0.15) is 6.04 Å². The summed E-state index contributed by atoms with van der Waals surface area (Å²) < 4.78 is 2.26. The zero-order valence-electron chi connectivity index (χ0n) is 22.8. The highest BCUT2D eigenvalue weighted by atomic mass is 35.5. The molecule has 12 heteroatoms. The van der Waals surface area contributed by atoms with E-state index in [9.17, 15) is 9.59 Å². The van der Waals surface area contributed by atoms with E-state index in [1.54, 1.807) is 12.4 Å². The molecule has 3 aromatic rings. The number of amides is 2. The van der Waals surface area contributed by atoms with Crippen molar-refractivity contribution >= 4 is 40.6 Å². The summed E-state index contributed by atoms with van der Waals surface area (Å²) in [6, 6.07) is 3.43. The number of halogens is 1. The maximum Gasteiger partial charge on any atom is 0.427 e. The van der Waals surface area contributed by atoms with Crippen molar-refractivity contribution < 1.29 is 14.4 Å². The maximum atomic E-state index is 13.1. The number of rotatable bonds is 7. The SMILES string of the molecule is CCNC(=O)[C@@H]1CCCN1c1nc2cc(C3NOC(=O)N3)nc(-c3cncc(Cl)c3)c2n1CC1CCC(C)CC1. The van der Waals surface area contributed by atoms with Gasteiger partial charge in [0.15, 0.2) is 6.17 Å². The van der Waals surface area contributed by atoms with E-state index in [0.29, 0.717) is 28.9 Å². The number of nitrogens with one attached hydrogen (secondary N) is 3. The first kappa shape index (κ1) is 26.8. The number of hydrogen-bond acceptors (Lipinski definition) is 8. The standard InChI is InChI=1S/C28H35ClN8O3/c1-3-31-26(38)22-5-4-10-36(22)27-33-20-12-21(25-34-28(39)40-35-25)32-23(18-11-19(29)14-30-13-18)24(20)37(27)15-17-8-6-16(2)7-9-17/h11-14,16-17,22,25,35H,3-10,15H2,1-2H3,(H,31,38)(H,34,39)/t16?,17?,22-,25?/m0/s1. The lowest BCUT2D eigenvalue weighted by Gasteiger charge is -2.30. The van der Waals surface area contributed by atoms with E-state index < -0.39 is 12.3 Å². The summed E-state index contributed by atoms with van der Waals surface area (Å²) in [7, 11) is 0. The Morgan fingerprint density at radius 2 is 2.00 bits per heavy atom. The predicted molar refractivity (Wildman–Crippen MR) is 151 cm³/mol. The third kappa shape index (κ3) is 5.19. The monoisotopic (exact) mass is 566 g/mol. The lowest BCUT2D eigenvalue weighted by Crippen LogP contribution is -2.44. The Labute approximate surface area is 238 Å². The molecule has 2 atom stereocenters. The Balaban J connectivity index is 1.53. The summed E-state index contributed by atoms with van der Waals surface area (Å²) in [5.74, 6) is 2.03. The molecule has 2 saturated heterocycles. The van der Waals surface area contributed by atoms with Crippen molar-refractivity contribution in [3.63, 3.8) is 0 Å². The Hall–Kier alpha value is -3.44. The molecule has 40 heavy (non-hydrogen) atoms. The topological polar surface area (TPSA) is 126 Å². The molecule has 3 N–H and O–H groups in total. The number of aromatic nitrogens is 4. The quantitative estimate of drug-likeness (QED) is 0.386. The van der Waals surface area contributed by atoms with Gasteiger partial charge in [-0.3, -0.25) is 15.1 Å². The molecule has 3 fully saturated rings. The van der Waals surface area contributed by atoms with Crippen molar-refractivity contribution in [1.82, 2.24) is 35.6 Å². The minimum atomic E-state index is -0.633. The number of fused-ring (bicyclic) bond motifs is 1. The summed E-state index contributed by atoms with van der Waals surface area (Å²) in [5.41, 5.74) is 6.26. The van der Waals surface area contributed by atoms with Crippen LogP contribution in [0.3, 0.4) is 0 Å². The van der Waals surface area contributed by atoms with Gasteiger partial charge in [0.25, 0.3) is 0 Å². The third-order valence-corrected chi connectivity index (χ3v) is 8.48. The van der Waals surface area contributed by atoms with Crippen LogP contribution in [0.2, 0.25) is 5.02 Å². The molecule has 0 aromatic carbocycles. The number of carbonyl (C=O) groups is 2. The normalized spacial score (nSPS) is 24.8. The van der Waals surface area contributed by atoms with Crippen LogP contribution in [0.15, 0.2) is 24.5 Å². The zero-order chi connectivity index (χ0) is 27.8. The molecule has 6 rings (SSSR count). The summed E-state index contributed by atoms with van der Waals surface area (Å²) in [5, 5.41) is 6.24. The van der Waals surface area contributed by atoms with Crippen molar-refractivity contribution in [2.24, 2.45) is 11.8 Å². The van der Waals surface area contributed by atoms with Gasteiger partial charge in [-0.1, -0.05) is 31.4 Å². The molecule has 3 aromatic heterocycles. The van der Waals surface area contributed by atoms with Gasteiger partial charge >= 0.3 is 6.09 Å². The van der Waals surface area contributed by atoms with Crippen LogP contribution in [0, 0.1) is 11.8 Å². The molecule has 0 radical (unpaired) electrons. The average molecular weight is 567 g/mol. The molecule has 2 aliphatic heterocycles. The number of carbonyl (C=O) groups excluding carboxylic acids is 2. The molecule has 212 valence electrons. The third-order valence-electron chi connectivity index (χ3n) is 8.27. The van der Waals surface area contributed by atoms with Crippen molar-refractivity contribution in [2.75, 3.05) is 18.0 Å². The Bertz CT molecular complexity index is 1420. The lowest BCUT2D eigenvalue weighted by molar-refractivity contribution is -0.122. The van der Waals surface area contributed by atoms with Gasteiger partial charge in [-0.25, -0.2) is 14.8 Å². The number of imidazole rings is 1.